The second-order valence-electron chi connectivity index (χ2n) is 6.15. The summed E-state index contributed by atoms with van der Waals surface area (Å²) in [5, 5.41) is 0. The summed E-state index contributed by atoms with van der Waals surface area (Å²) in [4.78, 5) is 0. The van der Waals surface area contributed by atoms with Crippen LogP contribution in [0.5, 0.6) is 0 Å². The monoisotopic (exact) mass is 210 g/mol. The van der Waals surface area contributed by atoms with E-state index < -0.39 is 0 Å². The maximum absolute atomic E-state index is 5.71. The van der Waals surface area contributed by atoms with E-state index in [1.165, 1.54) is 25.7 Å². The van der Waals surface area contributed by atoms with Gasteiger partial charge in [-0.3, -0.25) is 0 Å². The molecule has 2 aliphatic carbocycles. The van der Waals surface area contributed by atoms with Crippen molar-refractivity contribution in [3.8, 4) is 0 Å². The van der Waals surface area contributed by atoms with E-state index in [0.717, 1.165) is 25.0 Å². The molecule has 15 heavy (non-hydrogen) atoms. The van der Waals surface area contributed by atoms with E-state index in [4.69, 9.17) is 9.47 Å². The topological polar surface area (TPSA) is 18.5 Å². The highest BCUT2D eigenvalue weighted by atomic mass is 16.7. The van der Waals surface area contributed by atoms with E-state index in [2.05, 4.69) is 13.8 Å². The number of ether oxygens (including phenoxy) is 2. The third kappa shape index (κ3) is 1.62. The van der Waals surface area contributed by atoms with Gasteiger partial charge in [0.25, 0.3) is 0 Å². The summed E-state index contributed by atoms with van der Waals surface area (Å²) < 4.78 is 11.4. The van der Waals surface area contributed by atoms with Gasteiger partial charge in [-0.1, -0.05) is 13.8 Å². The summed E-state index contributed by atoms with van der Waals surface area (Å²) in [5.41, 5.74) is 0.594. The molecule has 4 atom stereocenters. The number of hydrogen-bond donors (Lipinski definition) is 0. The summed E-state index contributed by atoms with van der Waals surface area (Å²) in [6.07, 6.45) is 5.72. The predicted molar refractivity (Wildman–Crippen MR) is 58.4 cm³/mol. The molecule has 2 saturated carbocycles. The van der Waals surface area contributed by atoms with Crippen LogP contribution in [0.25, 0.3) is 0 Å². The Labute approximate surface area is 92.3 Å². The van der Waals surface area contributed by atoms with Gasteiger partial charge in [0.1, 0.15) is 0 Å². The van der Waals surface area contributed by atoms with Gasteiger partial charge >= 0.3 is 0 Å². The summed E-state index contributed by atoms with van der Waals surface area (Å²) >= 11 is 0. The van der Waals surface area contributed by atoms with Crippen LogP contribution in [0.15, 0.2) is 0 Å². The summed E-state index contributed by atoms with van der Waals surface area (Å²) in [6.45, 7) is 6.47. The van der Waals surface area contributed by atoms with Crippen LogP contribution in [0.2, 0.25) is 0 Å². The lowest BCUT2D eigenvalue weighted by Gasteiger charge is -2.41. The number of hydrogen-bond acceptors (Lipinski definition) is 2. The Morgan fingerprint density at radius 1 is 1.13 bits per heavy atom. The van der Waals surface area contributed by atoms with Crippen molar-refractivity contribution >= 4 is 0 Å². The van der Waals surface area contributed by atoms with Gasteiger partial charge in [0.05, 0.1) is 13.2 Å². The van der Waals surface area contributed by atoms with Crippen molar-refractivity contribution in [1.29, 1.82) is 0 Å². The van der Waals surface area contributed by atoms with Crippen molar-refractivity contribution in [3.05, 3.63) is 0 Å². The first-order valence-corrected chi connectivity index (χ1v) is 6.41. The zero-order chi connectivity index (χ0) is 10.5. The van der Waals surface area contributed by atoms with Gasteiger partial charge in [-0.2, -0.15) is 0 Å². The van der Waals surface area contributed by atoms with Crippen LogP contribution in [0.4, 0.5) is 0 Å². The zero-order valence-corrected chi connectivity index (χ0v) is 9.87. The van der Waals surface area contributed by atoms with Crippen molar-refractivity contribution in [2.24, 2.45) is 23.2 Å². The number of fused-ring (bicyclic) bond motifs is 2. The lowest BCUT2D eigenvalue weighted by atomic mass is 9.67. The molecule has 2 nitrogen and oxygen atoms in total. The first-order chi connectivity index (χ1) is 7.18. The van der Waals surface area contributed by atoms with Gasteiger partial charge in [-0.05, 0) is 42.9 Å². The van der Waals surface area contributed by atoms with E-state index >= 15 is 0 Å². The zero-order valence-electron chi connectivity index (χ0n) is 9.87. The molecule has 1 heterocycles. The Balaban J connectivity index is 1.77. The van der Waals surface area contributed by atoms with Gasteiger partial charge in [0.15, 0.2) is 6.29 Å². The molecule has 0 radical (unpaired) electrons. The summed E-state index contributed by atoms with van der Waals surface area (Å²) in [5.74, 6) is 2.38. The van der Waals surface area contributed by atoms with Gasteiger partial charge in [-0.15, -0.1) is 0 Å². The molecule has 0 N–H and O–H groups in total. The maximum Gasteiger partial charge on any atom is 0.160 e. The molecule has 1 aliphatic heterocycles. The minimum Gasteiger partial charge on any atom is -0.350 e. The average Bonchev–Trinajstić information content (AvgIpc) is 2.81. The van der Waals surface area contributed by atoms with Crippen molar-refractivity contribution in [1.82, 2.24) is 0 Å². The molecular formula is C13H22O2. The van der Waals surface area contributed by atoms with Crippen LogP contribution in [0, 0.1) is 23.2 Å². The van der Waals surface area contributed by atoms with E-state index in [-0.39, 0.29) is 6.29 Å². The van der Waals surface area contributed by atoms with E-state index in [0.29, 0.717) is 11.3 Å². The molecule has 86 valence electrons. The van der Waals surface area contributed by atoms with Crippen LogP contribution in [0.3, 0.4) is 0 Å². The molecule has 0 aromatic carbocycles. The Hall–Kier alpha value is -0.0800. The van der Waals surface area contributed by atoms with E-state index in [9.17, 15) is 0 Å². The quantitative estimate of drug-likeness (QED) is 0.662. The predicted octanol–water partition coefficient (Wildman–Crippen LogP) is 2.82. The van der Waals surface area contributed by atoms with Gasteiger partial charge in [0.2, 0.25) is 0 Å². The molecule has 4 unspecified atom stereocenters. The first-order valence-electron chi connectivity index (χ1n) is 6.41. The molecule has 2 bridgehead atoms. The molecular weight excluding hydrogens is 188 g/mol. The molecule has 3 fully saturated rings. The molecule has 0 aromatic heterocycles. The minimum atomic E-state index is 0.111. The SMILES string of the molecule is CC1C2CCC(C)(C2)CC1C1OCCO1. The van der Waals surface area contributed by atoms with Crippen LogP contribution in [-0.4, -0.2) is 19.5 Å². The Morgan fingerprint density at radius 2 is 1.87 bits per heavy atom. The van der Waals surface area contributed by atoms with Crippen LogP contribution in [0.1, 0.15) is 39.5 Å². The lowest BCUT2D eigenvalue weighted by molar-refractivity contribution is -0.123. The Kier molecular flexibility index (Phi) is 2.33. The molecule has 3 aliphatic rings. The smallest absolute Gasteiger partial charge is 0.160 e. The van der Waals surface area contributed by atoms with Crippen LogP contribution in [-0.2, 0) is 9.47 Å². The van der Waals surface area contributed by atoms with Crippen molar-refractivity contribution in [2.75, 3.05) is 13.2 Å². The largest absolute Gasteiger partial charge is 0.350 e. The lowest BCUT2D eigenvalue weighted by Crippen LogP contribution is -2.38. The Morgan fingerprint density at radius 3 is 2.60 bits per heavy atom. The van der Waals surface area contributed by atoms with E-state index in [1.807, 2.05) is 0 Å². The highest BCUT2D eigenvalue weighted by molar-refractivity contribution is 4.97. The molecule has 0 spiro atoms. The van der Waals surface area contributed by atoms with Crippen LogP contribution < -0.4 is 0 Å². The van der Waals surface area contributed by atoms with Gasteiger partial charge in [-0.25, -0.2) is 0 Å². The molecule has 2 heteroatoms. The normalized spacial score (nSPS) is 51.2. The second kappa shape index (κ2) is 3.46. The second-order valence-corrected chi connectivity index (χ2v) is 6.15. The highest BCUT2D eigenvalue weighted by Gasteiger charge is 2.49. The van der Waals surface area contributed by atoms with Crippen molar-refractivity contribution < 1.29 is 9.47 Å². The maximum atomic E-state index is 5.71. The summed E-state index contributed by atoms with van der Waals surface area (Å²) in [7, 11) is 0. The molecule has 3 rings (SSSR count). The standard InChI is InChI=1S/C13H22O2/c1-9-10-3-4-13(2,7-10)8-11(9)12-14-5-6-15-12/h9-12H,3-8H2,1-2H3. The molecule has 0 amide bonds. The fourth-order valence-electron chi connectivity index (χ4n) is 4.08. The highest BCUT2D eigenvalue weighted by Crippen LogP contribution is 2.56. The Bertz CT molecular complexity index is 247. The fraction of sp³-hybridized carbons (Fsp3) is 1.00. The average molecular weight is 210 g/mol. The van der Waals surface area contributed by atoms with Crippen LogP contribution >= 0.6 is 0 Å². The van der Waals surface area contributed by atoms with Gasteiger partial charge in [0, 0.05) is 5.92 Å². The number of rotatable bonds is 1. The minimum absolute atomic E-state index is 0.111. The third-order valence-corrected chi connectivity index (χ3v) is 5.02. The third-order valence-electron chi connectivity index (χ3n) is 5.02. The fourth-order valence-corrected chi connectivity index (χ4v) is 4.08. The van der Waals surface area contributed by atoms with Gasteiger partial charge < -0.3 is 9.47 Å². The summed E-state index contributed by atoms with van der Waals surface area (Å²) in [6, 6.07) is 0. The molecule has 1 saturated heterocycles. The molecule has 0 aromatic rings. The van der Waals surface area contributed by atoms with E-state index in [1.54, 1.807) is 0 Å². The van der Waals surface area contributed by atoms with Crippen molar-refractivity contribution in [3.63, 3.8) is 0 Å². The van der Waals surface area contributed by atoms with Crippen molar-refractivity contribution in [2.45, 2.75) is 45.8 Å². The first kappa shape index (κ1) is 10.1.